The van der Waals surface area contributed by atoms with E-state index >= 15 is 0 Å². The minimum atomic E-state index is -0.352. The molecule has 0 saturated carbocycles. The number of aliphatic hydroxyl groups is 1. The van der Waals surface area contributed by atoms with Gasteiger partial charge in [-0.15, -0.1) is 0 Å². The van der Waals surface area contributed by atoms with E-state index in [0.717, 1.165) is 29.1 Å². The molecule has 0 aliphatic carbocycles. The zero-order valence-corrected chi connectivity index (χ0v) is 10.8. The van der Waals surface area contributed by atoms with Crippen molar-refractivity contribution in [3.8, 4) is 5.75 Å². The summed E-state index contributed by atoms with van der Waals surface area (Å²) in [6.45, 7) is 4.23. The molecule has 0 fully saturated rings. The molecule has 2 unspecified atom stereocenters. The van der Waals surface area contributed by atoms with E-state index < -0.39 is 0 Å². The second kappa shape index (κ2) is 4.68. The summed E-state index contributed by atoms with van der Waals surface area (Å²) in [6, 6.07) is 4.03. The van der Waals surface area contributed by atoms with Crippen LogP contribution in [0.15, 0.2) is 12.1 Å². The highest BCUT2D eigenvalue weighted by Gasteiger charge is 2.24. The van der Waals surface area contributed by atoms with Crippen molar-refractivity contribution in [3.05, 3.63) is 28.8 Å². The predicted molar refractivity (Wildman–Crippen MR) is 68.1 cm³/mol. The summed E-state index contributed by atoms with van der Waals surface area (Å²) in [6.07, 6.45) is 0.473. The Kier molecular flexibility index (Phi) is 3.45. The Balaban J connectivity index is 2.52. The van der Waals surface area contributed by atoms with Gasteiger partial charge in [0.05, 0.1) is 13.2 Å². The highest BCUT2D eigenvalue weighted by Crippen LogP contribution is 2.40. The van der Waals surface area contributed by atoms with Crippen molar-refractivity contribution in [1.82, 2.24) is 0 Å². The predicted octanol–water partition coefficient (Wildman–Crippen LogP) is 3.06. The van der Waals surface area contributed by atoms with Crippen LogP contribution in [0.2, 0.25) is 0 Å². The molecule has 0 spiro atoms. The van der Waals surface area contributed by atoms with Crippen LogP contribution in [-0.2, 0) is 5.75 Å². The molecular formula is C13H18O2S. The molecule has 1 aliphatic heterocycles. The molecule has 0 radical (unpaired) electrons. The summed E-state index contributed by atoms with van der Waals surface area (Å²) in [5, 5.41) is 10.7. The van der Waals surface area contributed by atoms with Crippen LogP contribution < -0.4 is 4.74 Å². The van der Waals surface area contributed by atoms with Crippen molar-refractivity contribution in [3.63, 3.8) is 0 Å². The molecule has 1 aromatic carbocycles. The van der Waals surface area contributed by atoms with E-state index in [9.17, 15) is 5.11 Å². The van der Waals surface area contributed by atoms with Gasteiger partial charge in [-0.25, -0.2) is 0 Å². The van der Waals surface area contributed by atoms with Gasteiger partial charge in [-0.05, 0) is 30.5 Å². The molecule has 3 heteroatoms. The Morgan fingerprint density at radius 1 is 1.44 bits per heavy atom. The minimum absolute atomic E-state index is 0.352. The third kappa shape index (κ3) is 2.06. The maximum atomic E-state index is 10.2. The van der Waals surface area contributed by atoms with E-state index in [2.05, 4.69) is 13.8 Å². The first-order valence-electron chi connectivity index (χ1n) is 5.59. The number of hydrogen-bond donors (Lipinski definition) is 1. The number of ether oxygens (including phenoxy) is 1. The van der Waals surface area contributed by atoms with Crippen molar-refractivity contribution < 1.29 is 9.84 Å². The first-order valence-corrected chi connectivity index (χ1v) is 6.64. The van der Waals surface area contributed by atoms with Crippen LogP contribution in [0.1, 0.15) is 36.1 Å². The number of benzene rings is 1. The molecule has 1 aliphatic rings. The maximum Gasteiger partial charge on any atom is 0.123 e. The summed E-state index contributed by atoms with van der Waals surface area (Å²) in [5.41, 5.74) is 3.42. The number of fused-ring (bicyclic) bond motifs is 1. The van der Waals surface area contributed by atoms with Crippen LogP contribution in [0.5, 0.6) is 5.75 Å². The van der Waals surface area contributed by atoms with Gasteiger partial charge in [0, 0.05) is 16.6 Å². The molecule has 1 N–H and O–H groups in total. The smallest absolute Gasteiger partial charge is 0.123 e. The van der Waals surface area contributed by atoms with Gasteiger partial charge >= 0.3 is 0 Å². The van der Waals surface area contributed by atoms with Gasteiger partial charge in [-0.2, -0.15) is 11.8 Å². The van der Waals surface area contributed by atoms with Crippen LogP contribution in [0.3, 0.4) is 0 Å². The first-order chi connectivity index (χ1) is 7.63. The molecule has 2 atom stereocenters. The largest absolute Gasteiger partial charge is 0.496 e. The highest BCUT2D eigenvalue weighted by atomic mass is 32.2. The van der Waals surface area contributed by atoms with Crippen LogP contribution in [0.4, 0.5) is 0 Å². The second-order valence-electron chi connectivity index (χ2n) is 4.35. The lowest BCUT2D eigenvalue weighted by atomic mass is 9.95. The van der Waals surface area contributed by atoms with Gasteiger partial charge in [-0.1, -0.05) is 13.0 Å². The minimum Gasteiger partial charge on any atom is -0.496 e. The lowest BCUT2D eigenvalue weighted by Crippen LogP contribution is -2.06. The van der Waals surface area contributed by atoms with Gasteiger partial charge in [0.25, 0.3) is 0 Å². The molecular weight excluding hydrogens is 220 g/mol. The lowest BCUT2D eigenvalue weighted by Gasteiger charge is -2.17. The fraction of sp³-hybridized carbons (Fsp3) is 0.538. The summed E-state index contributed by atoms with van der Waals surface area (Å²) >= 11 is 1.88. The molecule has 0 aromatic heterocycles. The molecule has 16 heavy (non-hydrogen) atoms. The van der Waals surface area contributed by atoms with Gasteiger partial charge in [-0.3, -0.25) is 0 Å². The van der Waals surface area contributed by atoms with E-state index in [1.54, 1.807) is 7.11 Å². The fourth-order valence-electron chi connectivity index (χ4n) is 2.29. The Bertz CT molecular complexity index is 390. The van der Waals surface area contributed by atoms with Crippen molar-refractivity contribution in [2.24, 2.45) is 0 Å². The highest BCUT2D eigenvalue weighted by molar-refractivity contribution is 7.99. The fourth-order valence-corrected chi connectivity index (χ4v) is 3.36. The lowest BCUT2D eigenvalue weighted by molar-refractivity contribution is 0.167. The van der Waals surface area contributed by atoms with E-state index in [0.29, 0.717) is 5.25 Å². The molecule has 0 saturated heterocycles. The van der Waals surface area contributed by atoms with Crippen LogP contribution in [0.25, 0.3) is 0 Å². The molecule has 2 nitrogen and oxygen atoms in total. The summed E-state index contributed by atoms with van der Waals surface area (Å²) < 4.78 is 5.38. The van der Waals surface area contributed by atoms with E-state index in [-0.39, 0.29) is 6.10 Å². The third-order valence-electron chi connectivity index (χ3n) is 3.15. The van der Waals surface area contributed by atoms with Crippen molar-refractivity contribution >= 4 is 11.8 Å². The Hall–Kier alpha value is -0.670. The number of thioether (sulfide) groups is 1. The van der Waals surface area contributed by atoms with Crippen molar-refractivity contribution in [2.75, 3.05) is 7.11 Å². The van der Waals surface area contributed by atoms with E-state index in [1.807, 2.05) is 23.9 Å². The summed E-state index contributed by atoms with van der Waals surface area (Å²) in [7, 11) is 1.69. The van der Waals surface area contributed by atoms with Gasteiger partial charge in [0.1, 0.15) is 5.75 Å². The average Bonchev–Trinajstić information content (AvgIpc) is 2.39. The Morgan fingerprint density at radius 3 is 2.88 bits per heavy atom. The standard InChI is InChI=1S/C13H18O2S/c1-8-4-5-12(15-3)10-7-16-9(2)6-11(14)13(8)10/h4-5,9,11,14H,6-7H2,1-3H3. The SMILES string of the molecule is COc1ccc(C)c2c1CSC(C)CC2O. The maximum absolute atomic E-state index is 10.2. The Labute approximate surface area is 101 Å². The van der Waals surface area contributed by atoms with E-state index in [4.69, 9.17) is 4.74 Å². The van der Waals surface area contributed by atoms with Crippen LogP contribution >= 0.6 is 11.8 Å². The quantitative estimate of drug-likeness (QED) is 0.815. The van der Waals surface area contributed by atoms with Crippen molar-refractivity contribution in [2.45, 2.75) is 37.4 Å². The Morgan fingerprint density at radius 2 is 2.19 bits per heavy atom. The van der Waals surface area contributed by atoms with Crippen LogP contribution in [0, 0.1) is 6.92 Å². The number of hydrogen-bond acceptors (Lipinski definition) is 3. The van der Waals surface area contributed by atoms with Crippen LogP contribution in [-0.4, -0.2) is 17.5 Å². The van der Waals surface area contributed by atoms with Gasteiger partial charge in [0.15, 0.2) is 0 Å². The number of methoxy groups -OCH3 is 1. The summed E-state index contributed by atoms with van der Waals surface area (Å²) in [4.78, 5) is 0. The van der Waals surface area contributed by atoms with Gasteiger partial charge in [0.2, 0.25) is 0 Å². The molecule has 88 valence electrons. The monoisotopic (exact) mass is 238 g/mol. The molecule has 2 rings (SSSR count). The number of aryl methyl sites for hydroxylation is 1. The zero-order chi connectivity index (χ0) is 11.7. The topological polar surface area (TPSA) is 29.5 Å². The first kappa shape index (κ1) is 11.8. The average molecular weight is 238 g/mol. The molecule has 0 amide bonds. The molecule has 0 bridgehead atoms. The normalized spacial score (nSPS) is 24.8. The van der Waals surface area contributed by atoms with E-state index in [1.165, 1.54) is 5.56 Å². The number of rotatable bonds is 1. The third-order valence-corrected chi connectivity index (χ3v) is 4.37. The van der Waals surface area contributed by atoms with Gasteiger partial charge < -0.3 is 9.84 Å². The number of aliphatic hydroxyl groups excluding tert-OH is 1. The van der Waals surface area contributed by atoms with Crippen molar-refractivity contribution in [1.29, 1.82) is 0 Å². The molecule has 1 heterocycles. The summed E-state index contributed by atoms with van der Waals surface area (Å²) in [5.74, 6) is 1.83. The molecule has 1 aromatic rings. The second-order valence-corrected chi connectivity index (χ2v) is 5.78. The zero-order valence-electron chi connectivity index (χ0n) is 9.99.